The van der Waals surface area contributed by atoms with E-state index in [1.54, 1.807) is 6.92 Å². The van der Waals surface area contributed by atoms with Crippen molar-refractivity contribution < 1.29 is 30.0 Å². The first kappa shape index (κ1) is 26.2. The van der Waals surface area contributed by atoms with E-state index in [2.05, 4.69) is 40.7 Å². The Bertz CT molecular complexity index is 1020. The van der Waals surface area contributed by atoms with Crippen LogP contribution in [0.1, 0.15) is 99.3 Å². The van der Waals surface area contributed by atoms with Crippen LogP contribution >= 0.6 is 0 Å². The molecule has 0 aliphatic heterocycles. The molecule has 0 aromatic carbocycles. The summed E-state index contributed by atoms with van der Waals surface area (Å²) in [5, 5.41) is 46.8. The Morgan fingerprint density at radius 1 is 0.861 bits per heavy atom. The molecule has 0 aromatic heterocycles. The highest BCUT2D eigenvalue weighted by Crippen LogP contribution is 2.75. The van der Waals surface area contributed by atoms with Crippen LogP contribution in [0.3, 0.4) is 0 Å². The summed E-state index contributed by atoms with van der Waals surface area (Å²) in [5.41, 5.74) is -1.82. The lowest BCUT2D eigenvalue weighted by Gasteiger charge is -2.72. The topological polar surface area (TPSA) is 121 Å². The molecular formula is C30H44O6-2. The van der Waals surface area contributed by atoms with Gasteiger partial charge in [0.15, 0.2) is 0 Å². The third-order valence-electron chi connectivity index (χ3n) is 13.1. The third-order valence-corrected chi connectivity index (χ3v) is 13.1. The summed E-state index contributed by atoms with van der Waals surface area (Å²) >= 11 is 0. The van der Waals surface area contributed by atoms with Gasteiger partial charge in [0.2, 0.25) is 0 Å². The summed E-state index contributed by atoms with van der Waals surface area (Å²) < 4.78 is 0. The lowest BCUT2D eigenvalue weighted by Crippen LogP contribution is -2.70. The number of carbonyl (C=O) groups excluding carboxylic acids is 2. The zero-order chi connectivity index (χ0) is 26.7. The number of allylic oxidation sites excluding steroid dienone is 2. The van der Waals surface area contributed by atoms with Crippen molar-refractivity contribution in [2.75, 3.05) is 0 Å². The van der Waals surface area contributed by atoms with Crippen molar-refractivity contribution in [1.29, 1.82) is 0 Å². The summed E-state index contributed by atoms with van der Waals surface area (Å²) in [7, 11) is 0. The quantitative estimate of drug-likeness (QED) is 0.562. The van der Waals surface area contributed by atoms with Gasteiger partial charge in [-0.3, -0.25) is 0 Å². The largest absolute Gasteiger partial charge is 0.550 e. The molecule has 6 heteroatoms. The highest BCUT2D eigenvalue weighted by atomic mass is 16.4. The van der Waals surface area contributed by atoms with E-state index in [9.17, 15) is 30.0 Å². The second-order valence-electron chi connectivity index (χ2n) is 14.9. The average molecular weight is 501 g/mol. The predicted octanol–water partition coefficient (Wildman–Crippen LogP) is 2.60. The van der Waals surface area contributed by atoms with Crippen molar-refractivity contribution in [1.82, 2.24) is 0 Å². The fourth-order valence-corrected chi connectivity index (χ4v) is 10.7. The Morgan fingerprint density at radius 2 is 1.50 bits per heavy atom. The van der Waals surface area contributed by atoms with Crippen LogP contribution in [-0.4, -0.2) is 34.4 Å². The zero-order valence-electron chi connectivity index (χ0n) is 22.9. The first-order valence-electron chi connectivity index (χ1n) is 14.0. The Balaban J connectivity index is 1.62. The molecule has 4 saturated carbocycles. The van der Waals surface area contributed by atoms with Gasteiger partial charge < -0.3 is 30.0 Å². The third kappa shape index (κ3) is 2.98. The molecule has 36 heavy (non-hydrogen) atoms. The molecular weight excluding hydrogens is 456 g/mol. The summed E-state index contributed by atoms with van der Waals surface area (Å²) in [6.45, 7) is 12.8. The molecule has 5 aliphatic carbocycles. The maximum absolute atomic E-state index is 12.7. The molecule has 0 bridgehead atoms. The van der Waals surface area contributed by atoms with Crippen LogP contribution in [-0.2, 0) is 9.59 Å². The minimum Gasteiger partial charge on any atom is -0.550 e. The number of aliphatic carboxylic acids is 2. The smallest absolute Gasteiger partial charge is 0.0907 e. The fourth-order valence-electron chi connectivity index (χ4n) is 10.7. The first-order valence-corrected chi connectivity index (χ1v) is 14.0. The molecule has 202 valence electrons. The van der Waals surface area contributed by atoms with E-state index in [1.165, 1.54) is 5.57 Å². The standard InChI is InChI=1S/C30H46O6/c1-25(2)11-13-30(24(35)36)14-12-27(4)17(18(30)15-25)7-8-20-26(3)16-19(31)22(32)29(6,23(33)34)21(26)9-10-28(20,27)5/h7,18-22,31-32H,8-16H2,1-6H3,(H,33,34)(H,35,36)/p-2. The number of carbonyl (C=O) groups is 2. The molecule has 5 aliphatic rings. The van der Waals surface area contributed by atoms with Gasteiger partial charge in [0.1, 0.15) is 0 Å². The molecule has 10 atom stereocenters. The number of rotatable bonds is 2. The van der Waals surface area contributed by atoms with E-state index in [0.717, 1.165) is 32.1 Å². The molecule has 2 N–H and O–H groups in total. The van der Waals surface area contributed by atoms with Crippen LogP contribution in [0, 0.1) is 50.2 Å². The van der Waals surface area contributed by atoms with Gasteiger partial charge >= 0.3 is 0 Å². The maximum atomic E-state index is 12.7. The van der Waals surface area contributed by atoms with Crippen molar-refractivity contribution in [3.05, 3.63) is 11.6 Å². The number of aliphatic hydroxyl groups excluding tert-OH is 2. The molecule has 6 nitrogen and oxygen atoms in total. The van der Waals surface area contributed by atoms with Crippen LogP contribution in [0.25, 0.3) is 0 Å². The maximum Gasteiger partial charge on any atom is 0.0907 e. The Labute approximate surface area is 215 Å². The summed E-state index contributed by atoms with van der Waals surface area (Å²) in [5.74, 6) is -2.41. The SMILES string of the molecule is CC1(C)CCC2(C(=O)[O-])CCC3(C)C(=CCC4C5(C)CC(O)C(O)C(C)(C(=O)[O-])C5CCC43C)C2C1. The minimum absolute atomic E-state index is 0.0411. The van der Waals surface area contributed by atoms with E-state index in [1.807, 2.05) is 0 Å². The molecule has 0 aromatic rings. The minimum atomic E-state index is -1.51. The summed E-state index contributed by atoms with van der Waals surface area (Å²) in [4.78, 5) is 25.1. The van der Waals surface area contributed by atoms with Crippen LogP contribution < -0.4 is 10.2 Å². The fraction of sp³-hybridized carbons (Fsp3) is 0.867. The number of carboxylic acids is 2. The predicted molar refractivity (Wildman–Crippen MR) is 131 cm³/mol. The second-order valence-corrected chi connectivity index (χ2v) is 14.9. The lowest BCUT2D eigenvalue weighted by molar-refractivity contribution is -0.340. The van der Waals surface area contributed by atoms with Crippen LogP contribution in [0.4, 0.5) is 0 Å². The van der Waals surface area contributed by atoms with Gasteiger partial charge in [-0.25, -0.2) is 0 Å². The number of hydrogen-bond donors (Lipinski definition) is 2. The van der Waals surface area contributed by atoms with E-state index < -0.39 is 40.4 Å². The Kier molecular flexibility index (Phi) is 5.53. The van der Waals surface area contributed by atoms with Crippen molar-refractivity contribution in [2.45, 2.75) is 112 Å². The van der Waals surface area contributed by atoms with Gasteiger partial charge in [-0.2, -0.15) is 0 Å². The molecule has 0 amide bonds. The van der Waals surface area contributed by atoms with Gasteiger partial charge in [-0.05, 0) is 97.2 Å². The van der Waals surface area contributed by atoms with Crippen LogP contribution in [0.5, 0.6) is 0 Å². The van der Waals surface area contributed by atoms with E-state index in [0.29, 0.717) is 25.7 Å². The molecule has 0 spiro atoms. The molecule has 10 unspecified atom stereocenters. The number of fused-ring (bicyclic) bond motifs is 7. The summed E-state index contributed by atoms with van der Waals surface area (Å²) in [6, 6.07) is 0. The highest BCUT2D eigenvalue weighted by molar-refractivity contribution is 5.75. The van der Waals surface area contributed by atoms with Crippen LogP contribution in [0.15, 0.2) is 11.6 Å². The van der Waals surface area contributed by atoms with Crippen molar-refractivity contribution in [2.24, 2.45) is 50.2 Å². The van der Waals surface area contributed by atoms with Gasteiger partial charge in [-0.15, -0.1) is 0 Å². The zero-order valence-corrected chi connectivity index (χ0v) is 22.9. The number of carboxylic acid groups (broad SMARTS) is 2. The van der Waals surface area contributed by atoms with Gasteiger partial charge in [0, 0.05) is 16.8 Å². The molecule has 0 radical (unpaired) electrons. The molecule has 0 heterocycles. The van der Waals surface area contributed by atoms with Crippen molar-refractivity contribution in [3.8, 4) is 0 Å². The van der Waals surface area contributed by atoms with E-state index >= 15 is 0 Å². The monoisotopic (exact) mass is 500 g/mol. The highest BCUT2D eigenvalue weighted by Gasteiger charge is 2.70. The number of hydrogen-bond acceptors (Lipinski definition) is 6. The molecule has 5 rings (SSSR count). The Morgan fingerprint density at radius 3 is 2.11 bits per heavy atom. The molecule has 0 saturated heterocycles. The molecule has 4 fully saturated rings. The van der Waals surface area contributed by atoms with Crippen molar-refractivity contribution >= 4 is 11.9 Å². The lowest BCUT2D eigenvalue weighted by atomic mass is 9.33. The summed E-state index contributed by atoms with van der Waals surface area (Å²) in [6.07, 6.45) is 6.18. The average Bonchev–Trinajstić information content (AvgIpc) is 2.77. The Hall–Kier alpha value is -1.40. The van der Waals surface area contributed by atoms with E-state index in [4.69, 9.17) is 0 Å². The first-order chi connectivity index (χ1) is 16.5. The van der Waals surface area contributed by atoms with E-state index in [-0.39, 0.29) is 34.0 Å². The van der Waals surface area contributed by atoms with Crippen LogP contribution in [0.2, 0.25) is 0 Å². The van der Waals surface area contributed by atoms with Crippen molar-refractivity contribution in [3.63, 3.8) is 0 Å². The van der Waals surface area contributed by atoms with Gasteiger partial charge in [0.05, 0.1) is 18.2 Å². The number of aliphatic hydroxyl groups is 2. The normalized spacial score (nSPS) is 53.7. The van der Waals surface area contributed by atoms with Gasteiger partial charge in [0.25, 0.3) is 0 Å². The van der Waals surface area contributed by atoms with Gasteiger partial charge in [-0.1, -0.05) is 53.2 Å². The second kappa shape index (κ2) is 7.59.